The standard InChI is InChI=1S/C13H15FO/c1-9-2-3-11(8-13(9)14)10-4-6-12(15)7-5-10/h2-3,8,10H,4-7H2,1H3. The van der Waals surface area contributed by atoms with E-state index in [2.05, 4.69) is 0 Å². The molecule has 15 heavy (non-hydrogen) atoms. The first-order chi connectivity index (χ1) is 7.16. The summed E-state index contributed by atoms with van der Waals surface area (Å²) in [5.74, 6) is 0.584. The quantitative estimate of drug-likeness (QED) is 0.688. The molecule has 0 unspecified atom stereocenters. The van der Waals surface area contributed by atoms with Gasteiger partial charge in [-0.15, -0.1) is 0 Å². The van der Waals surface area contributed by atoms with Gasteiger partial charge in [0, 0.05) is 12.8 Å². The first-order valence-corrected chi connectivity index (χ1v) is 5.44. The molecule has 1 aliphatic rings. The number of rotatable bonds is 1. The lowest BCUT2D eigenvalue weighted by atomic mass is 9.83. The van der Waals surface area contributed by atoms with Gasteiger partial charge in [-0.05, 0) is 42.9 Å². The highest BCUT2D eigenvalue weighted by atomic mass is 19.1. The Balaban J connectivity index is 2.16. The monoisotopic (exact) mass is 206 g/mol. The van der Waals surface area contributed by atoms with Gasteiger partial charge in [0.1, 0.15) is 11.6 Å². The number of hydrogen-bond acceptors (Lipinski definition) is 1. The Labute approximate surface area is 89.3 Å². The van der Waals surface area contributed by atoms with E-state index in [1.54, 1.807) is 13.0 Å². The summed E-state index contributed by atoms with van der Waals surface area (Å²) < 4.78 is 13.3. The van der Waals surface area contributed by atoms with Gasteiger partial charge in [0.15, 0.2) is 0 Å². The van der Waals surface area contributed by atoms with Crippen LogP contribution in [0, 0.1) is 12.7 Å². The van der Waals surface area contributed by atoms with Crippen molar-refractivity contribution in [1.29, 1.82) is 0 Å². The second-order valence-corrected chi connectivity index (χ2v) is 4.32. The van der Waals surface area contributed by atoms with Gasteiger partial charge >= 0.3 is 0 Å². The zero-order chi connectivity index (χ0) is 10.8. The van der Waals surface area contributed by atoms with Crippen molar-refractivity contribution >= 4 is 5.78 Å². The maximum absolute atomic E-state index is 13.3. The molecule has 1 saturated carbocycles. The lowest BCUT2D eigenvalue weighted by molar-refractivity contribution is -0.120. The summed E-state index contributed by atoms with van der Waals surface area (Å²) >= 11 is 0. The summed E-state index contributed by atoms with van der Waals surface area (Å²) in [5, 5.41) is 0. The third kappa shape index (κ3) is 2.25. The van der Waals surface area contributed by atoms with Crippen LogP contribution in [0.5, 0.6) is 0 Å². The van der Waals surface area contributed by atoms with E-state index in [4.69, 9.17) is 0 Å². The first kappa shape index (κ1) is 10.3. The number of aryl methyl sites for hydroxylation is 1. The van der Waals surface area contributed by atoms with E-state index < -0.39 is 0 Å². The molecule has 80 valence electrons. The van der Waals surface area contributed by atoms with Crippen molar-refractivity contribution in [2.24, 2.45) is 0 Å². The number of carbonyl (C=O) groups is 1. The molecule has 1 nitrogen and oxygen atoms in total. The average Bonchev–Trinajstić information content (AvgIpc) is 2.23. The largest absolute Gasteiger partial charge is 0.300 e. The van der Waals surface area contributed by atoms with Gasteiger partial charge in [-0.2, -0.15) is 0 Å². The van der Waals surface area contributed by atoms with Crippen molar-refractivity contribution in [3.63, 3.8) is 0 Å². The lowest BCUT2D eigenvalue weighted by Crippen LogP contribution is -2.12. The minimum absolute atomic E-state index is 0.135. The van der Waals surface area contributed by atoms with Gasteiger partial charge in [0.2, 0.25) is 0 Å². The third-order valence-electron chi connectivity index (χ3n) is 3.21. The molecule has 0 radical (unpaired) electrons. The summed E-state index contributed by atoms with van der Waals surface area (Å²) in [6.45, 7) is 1.77. The molecule has 0 bridgehead atoms. The second-order valence-electron chi connectivity index (χ2n) is 4.32. The van der Waals surface area contributed by atoms with Crippen LogP contribution in [-0.4, -0.2) is 5.78 Å². The number of benzene rings is 1. The maximum atomic E-state index is 13.3. The van der Waals surface area contributed by atoms with Crippen molar-refractivity contribution in [2.45, 2.75) is 38.5 Å². The van der Waals surface area contributed by atoms with Crippen molar-refractivity contribution in [1.82, 2.24) is 0 Å². The predicted octanol–water partition coefficient (Wildman–Crippen LogP) is 3.36. The van der Waals surface area contributed by atoms with Crippen LogP contribution in [0.3, 0.4) is 0 Å². The Kier molecular flexibility index (Phi) is 2.85. The van der Waals surface area contributed by atoms with Crippen LogP contribution in [0.15, 0.2) is 18.2 Å². The summed E-state index contributed by atoms with van der Waals surface area (Å²) in [6.07, 6.45) is 3.06. The van der Waals surface area contributed by atoms with Crippen molar-refractivity contribution in [3.8, 4) is 0 Å². The zero-order valence-electron chi connectivity index (χ0n) is 8.92. The van der Waals surface area contributed by atoms with Crippen LogP contribution in [0.4, 0.5) is 4.39 Å². The van der Waals surface area contributed by atoms with Gasteiger partial charge in [0.25, 0.3) is 0 Å². The van der Waals surface area contributed by atoms with Gasteiger partial charge < -0.3 is 0 Å². The molecule has 0 saturated heterocycles. The smallest absolute Gasteiger partial charge is 0.132 e. The number of ketones is 1. The number of carbonyl (C=O) groups excluding carboxylic acids is 1. The number of hydrogen-bond donors (Lipinski definition) is 0. The van der Waals surface area contributed by atoms with Gasteiger partial charge in [0.05, 0.1) is 0 Å². The molecule has 0 N–H and O–H groups in total. The van der Waals surface area contributed by atoms with Crippen molar-refractivity contribution in [3.05, 3.63) is 35.1 Å². The number of Topliss-reactive ketones (excluding diaryl/α,β-unsaturated/α-hetero) is 1. The highest BCUT2D eigenvalue weighted by Crippen LogP contribution is 2.31. The highest BCUT2D eigenvalue weighted by molar-refractivity contribution is 5.79. The number of halogens is 1. The molecule has 1 aromatic rings. The fraction of sp³-hybridized carbons (Fsp3) is 0.462. The minimum atomic E-state index is -0.135. The van der Waals surface area contributed by atoms with Crippen molar-refractivity contribution in [2.75, 3.05) is 0 Å². The molecule has 2 rings (SSSR count). The van der Waals surface area contributed by atoms with Crippen LogP contribution in [0.25, 0.3) is 0 Å². The molecule has 0 aromatic heterocycles. The molecule has 0 amide bonds. The van der Waals surface area contributed by atoms with Crippen LogP contribution >= 0.6 is 0 Å². The van der Waals surface area contributed by atoms with E-state index in [1.807, 2.05) is 12.1 Å². The lowest BCUT2D eigenvalue weighted by Gasteiger charge is -2.21. The van der Waals surface area contributed by atoms with E-state index in [-0.39, 0.29) is 5.82 Å². The Bertz CT molecular complexity index is 374. The molecule has 1 aliphatic carbocycles. The van der Waals surface area contributed by atoms with Gasteiger partial charge in [-0.25, -0.2) is 4.39 Å². The Morgan fingerprint density at radius 1 is 1.27 bits per heavy atom. The van der Waals surface area contributed by atoms with E-state index >= 15 is 0 Å². The molecule has 0 atom stereocenters. The van der Waals surface area contributed by atoms with E-state index in [0.29, 0.717) is 30.1 Å². The van der Waals surface area contributed by atoms with Crippen LogP contribution < -0.4 is 0 Å². The highest BCUT2D eigenvalue weighted by Gasteiger charge is 2.20. The Morgan fingerprint density at radius 2 is 1.93 bits per heavy atom. The van der Waals surface area contributed by atoms with Crippen LogP contribution in [-0.2, 0) is 4.79 Å². The average molecular weight is 206 g/mol. The molecule has 0 heterocycles. The maximum Gasteiger partial charge on any atom is 0.132 e. The van der Waals surface area contributed by atoms with E-state index in [9.17, 15) is 9.18 Å². The van der Waals surface area contributed by atoms with Crippen molar-refractivity contribution < 1.29 is 9.18 Å². The molecule has 0 spiro atoms. The van der Waals surface area contributed by atoms with Gasteiger partial charge in [-0.3, -0.25) is 4.79 Å². The van der Waals surface area contributed by atoms with E-state index in [1.165, 1.54) is 0 Å². The van der Waals surface area contributed by atoms with E-state index in [0.717, 1.165) is 18.4 Å². The second kappa shape index (κ2) is 4.13. The predicted molar refractivity (Wildman–Crippen MR) is 57.4 cm³/mol. The van der Waals surface area contributed by atoms with Crippen LogP contribution in [0.1, 0.15) is 42.7 Å². The molecule has 2 heteroatoms. The molecule has 1 fully saturated rings. The third-order valence-corrected chi connectivity index (χ3v) is 3.21. The molecular weight excluding hydrogens is 191 g/mol. The van der Waals surface area contributed by atoms with Gasteiger partial charge in [-0.1, -0.05) is 12.1 Å². The first-order valence-electron chi connectivity index (χ1n) is 5.44. The normalized spacial score (nSPS) is 18.1. The summed E-state index contributed by atoms with van der Waals surface area (Å²) in [6, 6.07) is 5.43. The Morgan fingerprint density at radius 3 is 2.53 bits per heavy atom. The topological polar surface area (TPSA) is 17.1 Å². The fourth-order valence-corrected chi connectivity index (χ4v) is 2.14. The molecular formula is C13H15FO. The summed E-state index contributed by atoms with van der Waals surface area (Å²) in [7, 11) is 0. The van der Waals surface area contributed by atoms with Crippen LogP contribution in [0.2, 0.25) is 0 Å². The fourth-order valence-electron chi connectivity index (χ4n) is 2.14. The molecule has 0 aliphatic heterocycles. The summed E-state index contributed by atoms with van der Waals surface area (Å²) in [4.78, 5) is 11.1. The zero-order valence-corrected chi connectivity index (χ0v) is 8.92. The summed E-state index contributed by atoms with van der Waals surface area (Å²) in [5.41, 5.74) is 1.73. The molecule has 1 aromatic carbocycles. The Hall–Kier alpha value is -1.18. The SMILES string of the molecule is Cc1ccc(C2CCC(=O)CC2)cc1F. The minimum Gasteiger partial charge on any atom is -0.300 e.